The average molecular weight is 275 g/mol. The zero-order valence-corrected chi connectivity index (χ0v) is 11.5. The number of aromatic nitrogens is 1. The molecule has 0 bridgehead atoms. The number of aryl methyl sites for hydroxylation is 2. The van der Waals surface area contributed by atoms with E-state index in [-0.39, 0.29) is 13.0 Å². The highest BCUT2D eigenvalue weighted by Gasteiger charge is 2.13. The van der Waals surface area contributed by atoms with Crippen molar-refractivity contribution >= 4 is 5.97 Å². The fraction of sp³-hybridized carbons (Fsp3) is 0.333. The van der Waals surface area contributed by atoms with Crippen LogP contribution < -0.4 is 4.74 Å². The molecule has 1 heterocycles. The monoisotopic (exact) mass is 275 g/mol. The predicted molar refractivity (Wildman–Crippen MR) is 72.7 cm³/mol. The molecule has 2 aromatic rings. The quantitative estimate of drug-likeness (QED) is 0.877. The molecule has 106 valence electrons. The van der Waals surface area contributed by atoms with E-state index in [0.717, 1.165) is 12.2 Å². The third kappa shape index (κ3) is 3.60. The number of rotatable bonds is 6. The summed E-state index contributed by atoms with van der Waals surface area (Å²) < 4.78 is 10.9. The Labute approximate surface area is 117 Å². The Morgan fingerprint density at radius 1 is 1.35 bits per heavy atom. The maximum atomic E-state index is 10.7. The first-order valence-electron chi connectivity index (χ1n) is 6.47. The maximum Gasteiger partial charge on any atom is 0.309 e. The summed E-state index contributed by atoms with van der Waals surface area (Å²) in [6.07, 6.45) is 0.846. The molecule has 0 fully saturated rings. The molecule has 0 saturated heterocycles. The summed E-state index contributed by atoms with van der Waals surface area (Å²) in [4.78, 5) is 14.8. The fourth-order valence-electron chi connectivity index (χ4n) is 1.82. The number of aliphatic carboxylic acids is 1. The Morgan fingerprint density at radius 2 is 2.05 bits per heavy atom. The lowest BCUT2D eigenvalue weighted by Gasteiger charge is -2.04. The number of ether oxygens (including phenoxy) is 1. The van der Waals surface area contributed by atoms with Crippen molar-refractivity contribution in [2.75, 3.05) is 0 Å². The van der Waals surface area contributed by atoms with E-state index in [1.54, 1.807) is 6.92 Å². The van der Waals surface area contributed by atoms with Crippen LogP contribution in [0.2, 0.25) is 0 Å². The number of hydrogen-bond donors (Lipinski definition) is 1. The van der Waals surface area contributed by atoms with Crippen LogP contribution in [-0.4, -0.2) is 16.1 Å². The summed E-state index contributed by atoms with van der Waals surface area (Å²) in [5.74, 6) is 0.715. The van der Waals surface area contributed by atoms with E-state index in [9.17, 15) is 4.79 Å². The maximum absolute atomic E-state index is 10.7. The van der Waals surface area contributed by atoms with Crippen molar-refractivity contribution in [1.29, 1.82) is 0 Å². The summed E-state index contributed by atoms with van der Waals surface area (Å²) in [6, 6.07) is 7.80. The molecule has 0 aliphatic carbocycles. The minimum atomic E-state index is -0.927. The lowest BCUT2D eigenvalue weighted by molar-refractivity contribution is -0.136. The Kier molecular flexibility index (Phi) is 4.40. The first kappa shape index (κ1) is 14.1. The van der Waals surface area contributed by atoms with Gasteiger partial charge in [0.05, 0.1) is 12.1 Å². The second-order valence-corrected chi connectivity index (χ2v) is 4.47. The molecule has 0 saturated carbocycles. The number of carboxylic acids is 1. The van der Waals surface area contributed by atoms with Gasteiger partial charge in [0.25, 0.3) is 0 Å². The van der Waals surface area contributed by atoms with E-state index in [0.29, 0.717) is 17.3 Å². The molecule has 0 aliphatic rings. The van der Waals surface area contributed by atoms with Crippen LogP contribution in [0.1, 0.15) is 29.8 Å². The first-order valence-corrected chi connectivity index (χ1v) is 6.47. The van der Waals surface area contributed by atoms with Gasteiger partial charge >= 0.3 is 5.97 Å². The normalized spacial score (nSPS) is 10.5. The van der Waals surface area contributed by atoms with Gasteiger partial charge in [-0.3, -0.25) is 4.79 Å². The fourth-order valence-corrected chi connectivity index (χ4v) is 1.82. The van der Waals surface area contributed by atoms with Crippen LogP contribution >= 0.6 is 0 Å². The Morgan fingerprint density at radius 3 is 2.65 bits per heavy atom. The highest BCUT2D eigenvalue weighted by atomic mass is 16.5. The molecule has 5 heteroatoms. The molecular formula is C15H17NO4. The smallest absolute Gasteiger partial charge is 0.309 e. The van der Waals surface area contributed by atoms with Gasteiger partial charge in [0.15, 0.2) is 6.61 Å². The second kappa shape index (κ2) is 6.23. The van der Waals surface area contributed by atoms with Crippen LogP contribution in [0.15, 0.2) is 28.7 Å². The zero-order chi connectivity index (χ0) is 14.5. The topological polar surface area (TPSA) is 72.6 Å². The number of carboxylic acid groups (broad SMARTS) is 1. The number of oxazole rings is 1. The van der Waals surface area contributed by atoms with Gasteiger partial charge in [-0.2, -0.15) is 0 Å². The molecule has 20 heavy (non-hydrogen) atoms. The molecule has 5 nitrogen and oxygen atoms in total. The van der Waals surface area contributed by atoms with Crippen molar-refractivity contribution in [3.8, 4) is 5.75 Å². The van der Waals surface area contributed by atoms with Gasteiger partial charge < -0.3 is 14.3 Å². The molecule has 0 aliphatic heterocycles. The van der Waals surface area contributed by atoms with Gasteiger partial charge in [-0.1, -0.05) is 19.1 Å². The van der Waals surface area contributed by atoms with Gasteiger partial charge in [0, 0.05) is 0 Å². The second-order valence-electron chi connectivity index (χ2n) is 4.47. The van der Waals surface area contributed by atoms with Gasteiger partial charge in [0.2, 0.25) is 5.89 Å². The predicted octanol–water partition coefficient (Wildman–Crippen LogP) is 2.75. The van der Waals surface area contributed by atoms with E-state index in [1.165, 1.54) is 5.56 Å². The van der Waals surface area contributed by atoms with Crippen LogP contribution in [-0.2, 0) is 24.2 Å². The Bertz CT molecular complexity index is 586. The molecule has 1 aromatic heterocycles. The molecule has 1 N–H and O–H groups in total. The van der Waals surface area contributed by atoms with Gasteiger partial charge in [-0.25, -0.2) is 4.98 Å². The molecular weight excluding hydrogens is 258 g/mol. The van der Waals surface area contributed by atoms with Crippen molar-refractivity contribution in [3.05, 3.63) is 47.2 Å². The van der Waals surface area contributed by atoms with Crippen LogP contribution in [0.25, 0.3) is 0 Å². The average Bonchev–Trinajstić information content (AvgIpc) is 2.77. The largest absolute Gasteiger partial charge is 0.484 e. The highest BCUT2D eigenvalue weighted by Crippen LogP contribution is 2.16. The van der Waals surface area contributed by atoms with E-state index in [2.05, 4.69) is 11.9 Å². The standard InChI is InChI=1S/C15H17NO4/c1-3-11-4-6-12(7-5-11)19-9-14-16-13(8-15(17)18)10(2)20-14/h4-7H,3,8-9H2,1-2H3,(H,17,18). The summed E-state index contributed by atoms with van der Waals surface area (Å²) in [7, 11) is 0. The van der Waals surface area contributed by atoms with Crippen molar-refractivity contribution in [3.63, 3.8) is 0 Å². The Balaban J connectivity index is 1.97. The first-order chi connectivity index (χ1) is 9.58. The zero-order valence-electron chi connectivity index (χ0n) is 11.5. The van der Waals surface area contributed by atoms with Crippen LogP contribution in [0.5, 0.6) is 5.75 Å². The molecule has 0 spiro atoms. The van der Waals surface area contributed by atoms with Crippen molar-refractivity contribution in [2.45, 2.75) is 33.3 Å². The summed E-state index contributed by atoms with van der Waals surface area (Å²) in [5.41, 5.74) is 1.69. The van der Waals surface area contributed by atoms with Crippen LogP contribution in [0.3, 0.4) is 0 Å². The molecule has 2 rings (SSSR count). The third-order valence-corrected chi connectivity index (χ3v) is 2.95. The lowest BCUT2D eigenvalue weighted by atomic mass is 10.2. The molecule has 0 unspecified atom stereocenters. The van der Waals surface area contributed by atoms with Crippen LogP contribution in [0, 0.1) is 6.92 Å². The van der Waals surface area contributed by atoms with Crippen molar-refractivity contribution < 1.29 is 19.1 Å². The number of nitrogens with zero attached hydrogens (tertiary/aromatic N) is 1. The number of benzene rings is 1. The molecule has 0 amide bonds. The van der Waals surface area contributed by atoms with Gasteiger partial charge in [-0.05, 0) is 31.0 Å². The van der Waals surface area contributed by atoms with Crippen molar-refractivity contribution in [2.24, 2.45) is 0 Å². The Hall–Kier alpha value is -2.30. The summed E-state index contributed by atoms with van der Waals surface area (Å²) in [6.45, 7) is 3.98. The molecule has 0 atom stereocenters. The van der Waals surface area contributed by atoms with E-state index >= 15 is 0 Å². The lowest BCUT2D eigenvalue weighted by Crippen LogP contribution is -2.02. The van der Waals surface area contributed by atoms with E-state index in [4.69, 9.17) is 14.3 Å². The summed E-state index contributed by atoms with van der Waals surface area (Å²) >= 11 is 0. The molecule has 1 aromatic carbocycles. The van der Waals surface area contributed by atoms with E-state index < -0.39 is 5.97 Å². The molecule has 0 radical (unpaired) electrons. The SMILES string of the molecule is CCc1ccc(OCc2nc(CC(=O)O)c(C)o2)cc1. The number of hydrogen-bond acceptors (Lipinski definition) is 4. The number of carbonyl (C=O) groups is 1. The summed E-state index contributed by atoms with van der Waals surface area (Å²) in [5, 5.41) is 8.74. The minimum absolute atomic E-state index is 0.138. The van der Waals surface area contributed by atoms with Gasteiger partial charge in [0.1, 0.15) is 11.5 Å². The van der Waals surface area contributed by atoms with Crippen LogP contribution in [0.4, 0.5) is 0 Å². The van der Waals surface area contributed by atoms with Crippen molar-refractivity contribution in [1.82, 2.24) is 4.98 Å². The van der Waals surface area contributed by atoms with Gasteiger partial charge in [-0.15, -0.1) is 0 Å². The minimum Gasteiger partial charge on any atom is -0.484 e. The highest BCUT2D eigenvalue weighted by molar-refractivity contribution is 5.69. The van der Waals surface area contributed by atoms with E-state index in [1.807, 2.05) is 24.3 Å². The third-order valence-electron chi connectivity index (χ3n) is 2.95.